The molecule has 96 valence electrons. The highest BCUT2D eigenvalue weighted by Gasteiger charge is 2.10. The Morgan fingerprint density at radius 3 is 2.78 bits per heavy atom. The van der Waals surface area contributed by atoms with E-state index < -0.39 is 0 Å². The van der Waals surface area contributed by atoms with Gasteiger partial charge in [-0.15, -0.1) is 0 Å². The summed E-state index contributed by atoms with van der Waals surface area (Å²) in [6, 6.07) is 6.45. The van der Waals surface area contributed by atoms with Crippen LogP contribution < -0.4 is 5.73 Å². The van der Waals surface area contributed by atoms with Crippen molar-refractivity contribution in [2.45, 2.75) is 32.7 Å². The maximum absolute atomic E-state index is 6.29. The molecule has 0 saturated carbocycles. The number of nitrogens with two attached hydrogens (primary N) is 1. The van der Waals surface area contributed by atoms with Crippen molar-refractivity contribution in [1.82, 2.24) is 9.78 Å². The third-order valence-electron chi connectivity index (χ3n) is 3.55. The van der Waals surface area contributed by atoms with Crippen molar-refractivity contribution in [3.8, 4) is 0 Å². The van der Waals surface area contributed by atoms with Crippen LogP contribution in [0.15, 0.2) is 30.6 Å². The summed E-state index contributed by atoms with van der Waals surface area (Å²) in [5.74, 6) is 0. The van der Waals surface area contributed by atoms with Gasteiger partial charge in [-0.3, -0.25) is 4.68 Å². The van der Waals surface area contributed by atoms with Crippen molar-refractivity contribution in [3.63, 3.8) is 0 Å². The lowest BCUT2D eigenvalue weighted by Crippen LogP contribution is -2.13. The lowest BCUT2D eigenvalue weighted by molar-refractivity contribution is 0.646. The molecule has 0 radical (unpaired) electrons. The highest BCUT2D eigenvalue weighted by molar-refractivity contribution is 5.35. The van der Waals surface area contributed by atoms with Gasteiger partial charge in [0.2, 0.25) is 0 Å². The van der Waals surface area contributed by atoms with Crippen LogP contribution in [0.4, 0.5) is 0 Å². The fourth-order valence-corrected chi connectivity index (χ4v) is 2.25. The van der Waals surface area contributed by atoms with Crippen molar-refractivity contribution in [3.05, 3.63) is 52.8 Å². The molecule has 3 nitrogen and oxygen atoms in total. The second kappa shape index (κ2) is 5.36. The number of nitrogens with zero attached hydrogens (tertiary/aromatic N) is 2. The van der Waals surface area contributed by atoms with E-state index >= 15 is 0 Å². The topological polar surface area (TPSA) is 43.8 Å². The average molecular weight is 243 g/mol. The van der Waals surface area contributed by atoms with E-state index in [1.54, 1.807) is 0 Å². The molecule has 1 heterocycles. The fourth-order valence-electron chi connectivity index (χ4n) is 2.25. The van der Waals surface area contributed by atoms with Gasteiger partial charge in [-0.05, 0) is 48.9 Å². The van der Waals surface area contributed by atoms with Crippen LogP contribution >= 0.6 is 0 Å². The van der Waals surface area contributed by atoms with Gasteiger partial charge in [0.15, 0.2) is 0 Å². The first kappa shape index (κ1) is 12.8. The van der Waals surface area contributed by atoms with Crippen LogP contribution in [0, 0.1) is 13.8 Å². The van der Waals surface area contributed by atoms with E-state index in [1.807, 2.05) is 17.9 Å². The van der Waals surface area contributed by atoms with E-state index in [2.05, 4.69) is 43.3 Å². The van der Waals surface area contributed by atoms with Gasteiger partial charge in [-0.25, -0.2) is 0 Å². The first-order valence-electron chi connectivity index (χ1n) is 6.37. The zero-order valence-corrected chi connectivity index (χ0v) is 11.4. The quantitative estimate of drug-likeness (QED) is 0.897. The van der Waals surface area contributed by atoms with Gasteiger partial charge in [0.25, 0.3) is 0 Å². The lowest BCUT2D eigenvalue weighted by Gasteiger charge is -2.15. The number of hydrogen-bond acceptors (Lipinski definition) is 2. The zero-order chi connectivity index (χ0) is 13.1. The van der Waals surface area contributed by atoms with Crippen molar-refractivity contribution in [2.24, 2.45) is 12.8 Å². The van der Waals surface area contributed by atoms with Gasteiger partial charge in [0.05, 0.1) is 6.20 Å². The molecule has 0 fully saturated rings. The van der Waals surface area contributed by atoms with Crippen LogP contribution in [0.3, 0.4) is 0 Å². The highest BCUT2D eigenvalue weighted by atomic mass is 15.2. The average Bonchev–Trinajstić information content (AvgIpc) is 2.76. The normalized spacial score (nSPS) is 12.7. The Balaban J connectivity index is 2.03. The number of rotatable bonds is 4. The summed E-state index contributed by atoms with van der Waals surface area (Å²) in [5.41, 5.74) is 11.4. The Bertz CT molecular complexity index is 528. The van der Waals surface area contributed by atoms with E-state index in [9.17, 15) is 0 Å². The molecule has 2 aromatic rings. The molecule has 18 heavy (non-hydrogen) atoms. The maximum atomic E-state index is 6.29. The van der Waals surface area contributed by atoms with Crippen molar-refractivity contribution >= 4 is 0 Å². The molecular formula is C15H21N3. The second-order valence-electron chi connectivity index (χ2n) is 4.96. The first-order chi connectivity index (χ1) is 8.58. The van der Waals surface area contributed by atoms with Gasteiger partial charge < -0.3 is 5.73 Å². The van der Waals surface area contributed by atoms with Crippen LogP contribution in [0.2, 0.25) is 0 Å². The van der Waals surface area contributed by atoms with Gasteiger partial charge >= 0.3 is 0 Å². The van der Waals surface area contributed by atoms with Crippen molar-refractivity contribution in [1.29, 1.82) is 0 Å². The molecule has 1 atom stereocenters. The second-order valence-corrected chi connectivity index (χ2v) is 4.96. The molecule has 0 aliphatic carbocycles. The number of benzene rings is 1. The molecule has 0 amide bonds. The van der Waals surface area contributed by atoms with E-state index in [1.165, 1.54) is 22.3 Å². The lowest BCUT2D eigenvalue weighted by atomic mass is 9.94. The molecule has 3 heteroatoms. The Kier molecular flexibility index (Phi) is 3.82. The molecule has 0 saturated heterocycles. The summed E-state index contributed by atoms with van der Waals surface area (Å²) < 4.78 is 1.83. The summed E-state index contributed by atoms with van der Waals surface area (Å²) in [5, 5.41) is 4.17. The largest absolute Gasteiger partial charge is 0.324 e. The maximum Gasteiger partial charge on any atom is 0.0521 e. The smallest absolute Gasteiger partial charge is 0.0521 e. The van der Waals surface area contributed by atoms with Gasteiger partial charge in [0.1, 0.15) is 0 Å². The first-order valence-corrected chi connectivity index (χ1v) is 6.37. The van der Waals surface area contributed by atoms with Crippen molar-refractivity contribution in [2.75, 3.05) is 0 Å². The Morgan fingerprint density at radius 2 is 2.11 bits per heavy atom. The predicted octanol–water partition coefficient (Wildman–Crippen LogP) is 2.67. The van der Waals surface area contributed by atoms with Crippen LogP contribution in [-0.4, -0.2) is 9.78 Å². The number of aromatic nitrogens is 2. The standard InChI is InChI=1S/C15H21N3/c1-11-5-4-6-14(12(11)2)15(16)8-7-13-9-17-18(3)10-13/h4-6,9-10,15H,7-8,16H2,1-3H3. The minimum absolute atomic E-state index is 0.102. The van der Waals surface area contributed by atoms with Crippen LogP contribution in [0.25, 0.3) is 0 Å². The van der Waals surface area contributed by atoms with E-state index in [0.29, 0.717) is 0 Å². The molecule has 2 rings (SSSR count). The van der Waals surface area contributed by atoms with Crippen LogP contribution in [-0.2, 0) is 13.5 Å². The molecule has 0 aliphatic rings. The van der Waals surface area contributed by atoms with E-state index in [0.717, 1.165) is 12.8 Å². The number of hydrogen-bond donors (Lipinski definition) is 1. The molecular weight excluding hydrogens is 222 g/mol. The van der Waals surface area contributed by atoms with Gasteiger partial charge in [-0.2, -0.15) is 5.10 Å². The SMILES string of the molecule is Cc1cccc(C(N)CCc2cnn(C)c2)c1C. The van der Waals surface area contributed by atoms with Crippen LogP contribution in [0.5, 0.6) is 0 Å². The minimum atomic E-state index is 0.102. The summed E-state index contributed by atoms with van der Waals surface area (Å²) >= 11 is 0. The summed E-state index contributed by atoms with van der Waals surface area (Å²) in [6.07, 6.45) is 5.89. The van der Waals surface area contributed by atoms with Gasteiger partial charge in [-0.1, -0.05) is 18.2 Å². The minimum Gasteiger partial charge on any atom is -0.324 e. The van der Waals surface area contributed by atoms with Crippen LogP contribution in [0.1, 0.15) is 34.7 Å². The fraction of sp³-hybridized carbons (Fsp3) is 0.400. The Morgan fingerprint density at radius 1 is 1.33 bits per heavy atom. The predicted molar refractivity (Wildman–Crippen MR) is 74.4 cm³/mol. The Hall–Kier alpha value is -1.61. The van der Waals surface area contributed by atoms with Crippen molar-refractivity contribution < 1.29 is 0 Å². The Labute approximate surface area is 109 Å². The molecule has 0 aliphatic heterocycles. The van der Waals surface area contributed by atoms with E-state index in [4.69, 9.17) is 5.73 Å². The molecule has 1 unspecified atom stereocenters. The van der Waals surface area contributed by atoms with E-state index in [-0.39, 0.29) is 6.04 Å². The summed E-state index contributed by atoms with van der Waals surface area (Å²) in [4.78, 5) is 0. The molecule has 1 aromatic heterocycles. The molecule has 2 N–H and O–H groups in total. The molecule has 0 spiro atoms. The molecule has 1 aromatic carbocycles. The molecule has 0 bridgehead atoms. The summed E-state index contributed by atoms with van der Waals surface area (Å²) in [6.45, 7) is 4.28. The third-order valence-corrected chi connectivity index (χ3v) is 3.55. The van der Waals surface area contributed by atoms with Gasteiger partial charge in [0, 0.05) is 19.3 Å². The zero-order valence-electron chi connectivity index (χ0n) is 11.4. The number of aryl methyl sites for hydroxylation is 3. The third kappa shape index (κ3) is 2.79. The monoisotopic (exact) mass is 243 g/mol. The highest BCUT2D eigenvalue weighted by Crippen LogP contribution is 2.22. The summed E-state index contributed by atoms with van der Waals surface area (Å²) in [7, 11) is 1.94.